The van der Waals surface area contributed by atoms with E-state index < -0.39 is 0 Å². The number of rotatable bonds is 4. The molecule has 8 heteroatoms. The molecule has 154 valence electrons. The van der Waals surface area contributed by atoms with E-state index in [0.717, 1.165) is 42.5 Å². The second-order valence-electron chi connectivity index (χ2n) is 6.81. The van der Waals surface area contributed by atoms with Crippen LogP contribution in [-0.4, -0.2) is 59.9 Å². The molecule has 1 heterocycles. The second-order valence-corrected chi connectivity index (χ2v) is 7.59. The molecule has 6 nitrogen and oxygen atoms in total. The van der Waals surface area contributed by atoms with Gasteiger partial charge in [-0.3, -0.25) is 0 Å². The van der Waals surface area contributed by atoms with E-state index in [0.29, 0.717) is 10.2 Å². The van der Waals surface area contributed by atoms with Gasteiger partial charge in [0.15, 0.2) is 10.2 Å². The van der Waals surface area contributed by atoms with Gasteiger partial charge < -0.3 is 29.9 Å². The fourth-order valence-corrected chi connectivity index (χ4v) is 3.92. The zero-order valence-corrected chi connectivity index (χ0v) is 18.5. The van der Waals surface area contributed by atoms with E-state index in [2.05, 4.69) is 27.4 Å². The van der Waals surface area contributed by atoms with E-state index in [4.69, 9.17) is 33.9 Å². The van der Waals surface area contributed by atoms with E-state index in [1.807, 2.05) is 48.5 Å². The second kappa shape index (κ2) is 9.76. The lowest BCUT2D eigenvalue weighted by Gasteiger charge is -2.42. The molecular weight excluding hydrogens is 404 g/mol. The maximum absolute atomic E-state index is 5.64. The monoisotopic (exact) mass is 430 g/mol. The van der Waals surface area contributed by atoms with Gasteiger partial charge in [0.1, 0.15) is 11.5 Å². The Kier molecular flexibility index (Phi) is 7.11. The van der Waals surface area contributed by atoms with Crippen LogP contribution in [0.15, 0.2) is 48.5 Å². The number of nitrogens with one attached hydrogen (secondary N) is 2. The summed E-state index contributed by atoms with van der Waals surface area (Å²) in [5.41, 5.74) is 1.83. The third kappa shape index (κ3) is 5.48. The maximum atomic E-state index is 5.64. The molecule has 0 radical (unpaired) electrons. The van der Waals surface area contributed by atoms with Crippen LogP contribution >= 0.6 is 24.4 Å². The molecule has 0 spiro atoms. The summed E-state index contributed by atoms with van der Waals surface area (Å²) >= 11 is 11.3. The number of methoxy groups -OCH3 is 2. The summed E-state index contributed by atoms with van der Waals surface area (Å²) in [5, 5.41) is 8.02. The number of piperazine rings is 1. The number of hydrogen-bond acceptors (Lipinski definition) is 4. The van der Waals surface area contributed by atoms with Crippen molar-refractivity contribution in [2.24, 2.45) is 0 Å². The third-order valence-corrected chi connectivity index (χ3v) is 5.51. The molecule has 0 saturated carbocycles. The first-order valence-electron chi connectivity index (χ1n) is 9.42. The van der Waals surface area contributed by atoms with E-state index in [1.165, 1.54) is 0 Å². The van der Waals surface area contributed by atoms with Gasteiger partial charge in [-0.1, -0.05) is 12.1 Å². The van der Waals surface area contributed by atoms with E-state index in [9.17, 15) is 0 Å². The Morgan fingerprint density at radius 2 is 1.45 bits per heavy atom. The highest BCUT2D eigenvalue weighted by Gasteiger charge is 2.27. The normalized spacial score (nSPS) is 16.2. The van der Waals surface area contributed by atoms with Crippen LogP contribution in [0.2, 0.25) is 0 Å². The Balaban J connectivity index is 1.56. The number of nitrogens with zero attached hydrogens (tertiary/aromatic N) is 2. The fraction of sp³-hybridized carbons (Fsp3) is 0.333. The first kappa shape index (κ1) is 21.1. The van der Waals surface area contributed by atoms with Crippen molar-refractivity contribution in [2.75, 3.05) is 44.5 Å². The Labute approximate surface area is 182 Å². The molecule has 29 heavy (non-hydrogen) atoms. The SMILES string of the molecule is COc1cccc(NC(=S)N2CCN(C(=S)Nc3cccc(OC)c3)[C@@H](C)C2)c1. The van der Waals surface area contributed by atoms with Crippen molar-refractivity contribution < 1.29 is 9.47 Å². The molecule has 1 aliphatic rings. The van der Waals surface area contributed by atoms with Crippen molar-refractivity contribution in [3.8, 4) is 11.5 Å². The Morgan fingerprint density at radius 1 is 0.897 bits per heavy atom. The molecule has 0 amide bonds. The van der Waals surface area contributed by atoms with Crippen molar-refractivity contribution in [3.63, 3.8) is 0 Å². The molecule has 0 unspecified atom stereocenters. The molecule has 2 N–H and O–H groups in total. The number of hydrogen-bond donors (Lipinski definition) is 2. The van der Waals surface area contributed by atoms with Crippen LogP contribution in [-0.2, 0) is 0 Å². The summed E-state index contributed by atoms with van der Waals surface area (Å²) in [6.45, 7) is 4.52. The quantitative estimate of drug-likeness (QED) is 0.711. The van der Waals surface area contributed by atoms with Crippen LogP contribution in [0.5, 0.6) is 11.5 Å². The van der Waals surface area contributed by atoms with Crippen molar-refractivity contribution in [1.29, 1.82) is 0 Å². The zero-order chi connectivity index (χ0) is 20.8. The zero-order valence-electron chi connectivity index (χ0n) is 16.8. The summed E-state index contributed by atoms with van der Waals surface area (Å²) in [7, 11) is 3.31. The van der Waals surface area contributed by atoms with Gasteiger partial charge in [0.25, 0.3) is 0 Å². The van der Waals surface area contributed by atoms with E-state index in [-0.39, 0.29) is 6.04 Å². The highest BCUT2D eigenvalue weighted by Crippen LogP contribution is 2.20. The largest absolute Gasteiger partial charge is 0.497 e. The Morgan fingerprint density at radius 3 is 1.97 bits per heavy atom. The molecule has 1 atom stereocenters. The van der Waals surface area contributed by atoms with E-state index >= 15 is 0 Å². The fourth-order valence-electron chi connectivity index (χ4n) is 3.24. The van der Waals surface area contributed by atoms with Crippen LogP contribution < -0.4 is 20.1 Å². The molecule has 0 aromatic heterocycles. The molecular formula is C21H26N4O2S2. The molecule has 0 aliphatic carbocycles. The molecule has 1 saturated heterocycles. The van der Waals surface area contributed by atoms with Crippen molar-refractivity contribution in [2.45, 2.75) is 13.0 Å². The number of ether oxygens (including phenoxy) is 2. The lowest BCUT2D eigenvalue weighted by Crippen LogP contribution is -2.57. The number of thiocarbonyl (C=S) groups is 2. The highest BCUT2D eigenvalue weighted by molar-refractivity contribution is 7.80. The standard InChI is InChI=1S/C21H26N4O2S2/c1-15-14-24(20(28)22-16-6-4-8-18(12-16)26-2)10-11-25(15)21(29)23-17-7-5-9-19(13-17)27-3/h4-9,12-13,15H,10-11,14H2,1-3H3,(H,22,28)(H,23,29)/t15-/m0/s1. The van der Waals surface area contributed by atoms with Crippen LogP contribution in [0.1, 0.15) is 6.92 Å². The van der Waals surface area contributed by atoms with Gasteiger partial charge in [-0.05, 0) is 55.6 Å². The van der Waals surface area contributed by atoms with Crippen LogP contribution in [0.3, 0.4) is 0 Å². The molecule has 0 bridgehead atoms. The molecule has 2 aromatic rings. The minimum absolute atomic E-state index is 0.222. The lowest BCUT2D eigenvalue weighted by atomic mass is 10.2. The topological polar surface area (TPSA) is 49.0 Å². The minimum Gasteiger partial charge on any atom is -0.497 e. The van der Waals surface area contributed by atoms with Crippen molar-refractivity contribution in [3.05, 3.63) is 48.5 Å². The summed E-state index contributed by atoms with van der Waals surface area (Å²) < 4.78 is 10.5. The van der Waals surface area contributed by atoms with Gasteiger partial charge >= 0.3 is 0 Å². The van der Waals surface area contributed by atoms with Gasteiger partial charge in [0, 0.05) is 49.2 Å². The van der Waals surface area contributed by atoms with E-state index in [1.54, 1.807) is 14.2 Å². The molecule has 3 rings (SSSR count). The first-order valence-corrected chi connectivity index (χ1v) is 10.2. The summed E-state index contributed by atoms with van der Waals surface area (Å²) in [6, 6.07) is 15.7. The Bertz CT molecular complexity index is 877. The van der Waals surface area contributed by atoms with Crippen LogP contribution in [0.4, 0.5) is 11.4 Å². The molecule has 2 aromatic carbocycles. The van der Waals surface area contributed by atoms with Gasteiger partial charge in [-0.2, -0.15) is 0 Å². The van der Waals surface area contributed by atoms with Crippen LogP contribution in [0.25, 0.3) is 0 Å². The van der Waals surface area contributed by atoms with Gasteiger partial charge in [0.05, 0.1) is 14.2 Å². The Hall–Kier alpha value is -2.58. The third-order valence-electron chi connectivity index (χ3n) is 4.82. The summed E-state index contributed by atoms with van der Waals surface area (Å²) in [4.78, 5) is 4.36. The van der Waals surface area contributed by atoms with Gasteiger partial charge in [-0.25, -0.2) is 0 Å². The summed E-state index contributed by atoms with van der Waals surface area (Å²) in [5.74, 6) is 1.59. The number of anilines is 2. The predicted molar refractivity (Wildman–Crippen MR) is 126 cm³/mol. The molecule has 1 fully saturated rings. The lowest BCUT2D eigenvalue weighted by molar-refractivity contribution is 0.200. The number of benzene rings is 2. The molecule has 1 aliphatic heterocycles. The predicted octanol–water partition coefficient (Wildman–Crippen LogP) is 3.80. The van der Waals surface area contributed by atoms with Gasteiger partial charge in [-0.15, -0.1) is 0 Å². The maximum Gasteiger partial charge on any atom is 0.173 e. The van der Waals surface area contributed by atoms with Crippen molar-refractivity contribution >= 4 is 46.0 Å². The average Bonchev–Trinajstić information content (AvgIpc) is 2.73. The average molecular weight is 431 g/mol. The highest BCUT2D eigenvalue weighted by atomic mass is 32.1. The van der Waals surface area contributed by atoms with Gasteiger partial charge in [0.2, 0.25) is 0 Å². The van der Waals surface area contributed by atoms with Crippen LogP contribution in [0, 0.1) is 0 Å². The van der Waals surface area contributed by atoms with Crippen molar-refractivity contribution in [1.82, 2.24) is 9.80 Å². The first-order chi connectivity index (χ1) is 14.0. The minimum atomic E-state index is 0.222. The summed E-state index contributed by atoms with van der Waals surface area (Å²) in [6.07, 6.45) is 0. The smallest absolute Gasteiger partial charge is 0.173 e.